The van der Waals surface area contributed by atoms with Crippen LogP contribution < -0.4 is 21.3 Å². The maximum Gasteiger partial charge on any atom is 0.330 e. The molecule has 0 spiro atoms. The van der Waals surface area contributed by atoms with Gasteiger partial charge in [-0.25, -0.2) is 9.78 Å². The van der Waals surface area contributed by atoms with Crippen LogP contribution in [0.3, 0.4) is 0 Å². The van der Waals surface area contributed by atoms with E-state index in [1.165, 1.54) is 4.57 Å². The third-order valence-electron chi connectivity index (χ3n) is 5.90. The van der Waals surface area contributed by atoms with E-state index in [1.54, 1.807) is 22.8 Å². The number of H-pyrrole nitrogens is 1. The highest BCUT2D eigenvalue weighted by Crippen LogP contribution is 2.27. The molecule has 0 fully saturated rings. The molecule has 3 N–H and O–H groups in total. The minimum atomic E-state index is -0.467. The normalized spacial score (nSPS) is 13.1. The average Bonchev–Trinajstić information content (AvgIpc) is 3.27. The lowest BCUT2D eigenvalue weighted by molar-refractivity contribution is -0.116. The van der Waals surface area contributed by atoms with E-state index in [1.807, 2.05) is 43.3 Å². The molecule has 5 rings (SSSR count). The fourth-order valence-corrected chi connectivity index (χ4v) is 4.82. The number of nitrogens with zero attached hydrogens (tertiary/aromatic N) is 3. The molecule has 2 aromatic carbocycles. The van der Waals surface area contributed by atoms with Gasteiger partial charge in [0.1, 0.15) is 0 Å². The number of aromatic nitrogens is 4. The van der Waals surface area contributed by atoms with Gasteiger partial charge in [0.2, 0.25) is 5.91 Å². The molecule has 1 aliphatic heterocycles. The van der Waals surface area contributed by atoms with Crippen molar-refractivity contribution in [2.75, 3.05) is 5.32 Å². The van der Waals surface area contributed by atoms with Crippen LogP contribution in [0.1, 0.15) is 30.0 Å². The van der Waals surface area contributed by atoms with E-state index in [-0.39, 0.29) is 5.91 Å². The molecule has 0 atom stereocenters. The fourth-order valence-electron chi connectivity index (χ4n) is 4.08. The Bertz CT molecular complexity index is 1490. The number of fused-ring (bicyclic) bond motifs is 2. The number of aryl methyl sites for hydroxylation is 2. The zero-order valence-electron chi connectivity index (χ0n) is 18.6. The third kappa shape index (κ3) is 4.42. The van der Waals surface area contributed by atoms with Gasteiger partial charge < -0.3 is 9.88 Å². The van der Waals surface area contributed by atoms with Gasteiger partial charge >= 0.3 is 5.69 Å². The van der Waals surface area contributed by atoms with Crippen LogP contribution in [0.2, 0.25) is 0 Å². The molecule has 0 radical (unpaired) electrons. The van der Waals surface area contributed by atoms with Crippen LogP contribution >= 0.6 is 11.9 Å². The summed E-state index contributed by atoms with van der Waals surface area (Å²) in [5.41, 5.74) is 4.02. The molecule has 1 amide bonds. The van der Waals surface area contributed by atoms with Crippen molar-refractivity contribution in [3.8, 4) is 0 Å². The molecule has 1 aliphatic rings. The predicted molar refractivity (Wildman–Crippen MR) is 132 cm³/mol. The molecule has 0 saturated heterocycles. The number of carbonyl (C=O) groups excluding carboxylic acids is 1. The highest BCUT2D eigenvalue weighted by atomic mass is 32.2. The van der Waals surface area contributed by atoms with E-state index in [0.717, 1.165) is 33.7 Å². The monoisotopic (exact) mass is 476 g/mol. The molecular weight excluding hydrogens is 452 g/mol. The van der Waals surface area contributed by atoms with Gasteiger partial charge in [0, 0.05) is 30.1 Å². The lowest BCUT2D eigenvalue weighted by atomic mass is 10.0. The van der Waals surface area contributed by atoms with Crippen LogP contribution in [-0.2, 0) is 30.8 Å². The van der Waals surface area contributed by atoms with E-state index in [0.29, 0.717) is 37.2 Å². The maximum absolute atomic E-state index is 12.4. The average molecular weight is 477 g/mol. The standard InChI is InChI=1S/C24H24N6O3S/c1-2-29-14-25-22-21(29)23(32)28-24(33)30(22)13-16-5-3-15(4-6-16)12-26-34-18-8-9-19-17(11-18)7-10-20(31)27-19/h3-6,8-9,11,14,26H,2,7,10,12-13H2,1H3,(H,27,31)(H,28,32,33). The van der Waals surface area contributed by atoms with Gasteiger partial charge in [-0.1, -0.05) is 24.3 Å². The van der Waals surface area contributed by atoms with Gasteiger partial charge in [-0.15, -0.1) is 0 Å². The van der Waals surface area contributed by atoms with Crippen molar-refractivity contribution in [3.05, 3.63) is 86.3 Å². The Morgan fingerprint density at radius 3 is 2.65 bits per heavy atom. The number of amides is 1. The number of hydrogen-bond acceptors (Lipinski definition) is 6. The van der Waals surface area contributed by atoms with Gasteiger partial charge in [0.15, 0.2) is 11.2 Å². The van der Waals surface area contributed by atoms with Crippen LogP contribution in [0.15, 0.2) is 63.3 Å². The SMILES string of the molecule is CCn1cnc2c1c(=O)[nH]c(=O)n2Cc1ccc(CNSc2ccc3c(c2)CCC(=O)N3)cc1. The number of anilines is 1. The Labute approximate surface area is 199 Å². The largest absolute Gasteiger partial charge is 0.330 e. The Morgan fingerprint density at radius 1 is 1.06 bits per heavy atom. The summed E-state index contributed by atoms with van der Waals surface area (Å²) in [5, 5.41) is 2.90. The van der Waals surface area contributed by atoms with Crippen LogP contribution in [-0.4, -0.2) is 25.0 Å². The van der Waals surface area contributed by atoms with Crippen molar-refractivity contribution in [2.45, 2.75) is 44.3 Å². The molecule has 34 heavy (non-hydrogen) atoms. The number of benzene rings is 2. The summed E-state index contributed by atoms with van der Waals surface area (Å²) in [7, 11) is 0. The van der Waals surface area contributed by atoms with Crippen molar-refractivity contribution in [3.63, 3.8) is 0 Å². The topological polar surface area (TPSA) is 114 Å². The second kappa shape index (κ2) is 9.32. The van der Waals surface area contributed by atoms with Gasteiger partial charge in [-0.2, -0.15) is 0 Å². The van der Waals surface area contributed by atoms with E-state index < -0.39 is 11.2 Å². The molecule has 0 saturated carbocycles. The lowest BCUT2D eigenvalue weighted by Crippen LogP contribution is -2.31. The smallest absolute Gasteiger partial charge is 0.326 e. The molecule has 10 heteroatoms. The Morgan fingerprint density at radius 2 is 1.85 bits per heavy atom. The summed E-state index contributed by atoms with van der Waals surface area (Å²) >= 11 is 1.55. The van der Waals surface area contributed by atoms with Crippen LogP contribution in [0.25, 0.3) is 11.2 Å². The second-order valence-corrected chi connectivity index (χ2v) is 9.12. The third-order valence-corrected chi connectivity index (χ3v) is 6.68. The summed E-state index contributed by atoms with van der Waals surface area (Å²) in [5.74, 6) is 0.0694. The number of aromatic amines is 1. The van der Waals surface area contributed by atoms with Crippen molar-refractivity contribution < 1.29 is 4.79 Å². The summed E-state index contributed by atoms with van der Waals surface area (Å²) in [4.78, 5) is 43.9. The van der Waals surface area contributed by atoms with E-state index in [4.69, 9.17) is 0 Å². The lowest BCUT2D eigenvalue weighted by Gasteiger charge is -2.17. The summed E-state index contributed by atoms with van der Waals surface area (Å²) < 4.78 is 6.59. The number of rotatable bonds is 7. The Balaban J connectivity index is 1.24. The molecule has 4 aromatic rings. The summed E-state index contributed by atoms with van der Waals surface area (Å²) in [6.07, 6.45) is 2.87. The molecule has 2 aromatic heterocycles. The van der Waals surface area contributed by atoms with Crippen molar-refractivity contribution in [1.82, 2.24) is 23.8 Å². The highest BCUT2D eigenvalue weighted by Gasteiger charge is 2.15. The molecule has 0 aliphatic carbocycles. The van der Waals surface area contributed by atoms with Crippen LogP contribution in [0.4, 0.5) is 5.69 Å². The second-order valence-electron chi connectivity index (χ2n) is 8.16. The van der Waals surface area contributed by atoms with E-state index in [9.17, 15) is 14.4 Å². The molecule has 3 heterocycles. The van der Waals surface area contributed by atoms with Gasteiger partial charge in [0.25, 0.3) is 5.56 Å². The number of nitrogens with one attached hydrogen (secondary N) is 3. The first-order chi connectivity index (χ1) is 16.5. The van der Waals surface area contributed by atoms with Gasteiger partial charge in [-0.05, 0) is 60.2 Å². The first kappa shape index (κ1) is 22.2. The highest BCUT2D eigenvalue weighted by molar-refractivity contribution is 7.97. The maximum atomic E-state index is 12.4. The minimum Gasteiger partial charge on any atom is -0.326 e. The molecule has 174 valence electrons. The molecule has 0 bridgehead atoms. The van der Waals surface area contributed by atoms with Crippen LogP contribution in [0, 0.1) is 0 Å². The number of carbonyl (C=O) groups is 1. The number of imidazole rings is 1. The zero-order chi connectivity index (χ0) is 23.7. The van der Waals surface area contributed by atoms with Crippen LogP contribution in [0.5, 0.6) is 0 Å². The fraction of sp³-hybridized carbons (Fsp3) is 0.250. The predicted octanol–water partition coefficient (Wildman–Crippen LogP) is 2.64. The van der Waals surface area contributed by atoms with Crippen molar-refractivity contribution in [2.24, 2.45) is 0 Å². The van der Waals surface area contributed by atoms with E-state index in [2.05, 4.69) is 26.1 Å². The van der Waals surface area contributed by atoms with Crippen molar-refractivity contribution in [1.29, 1.82) is 0 Å². The van der Waals surface area contributed by atoms with E-state index >= 15 is 0 Å². The first-order valence-electron chi connectivity index (χ1n) is 11.1. The van der Waals surface area contributed by atoms with Crippen molar-refractivity contribution >= 4 is 34.7 Å². The van der Waals surface area contributed by atoms with Gasteiger partial charge in [-0.3, -0.25) is 23.9 Å². The first-order valence-corrected chi connectivity index (χ1v) is 11.9. The summed E-state index contributed by atoms with van der Waals surface area (Å²) in [6.45, 7) is 3.51. The van der Waals surface area contributed by atoms with Gasteiger partial charge in [0.05, 0.1) is 12.9 Å². The zero-order valence-corrected chi connectivity index (χ0v) is 19.4. The minimum absolute atomic E-state index is 0.0694. The molecular formula is C24H24N6O3S. The molecule has 9 nitrogen and oxygen atoms in total. The number of hydrogen-bond donors (Lipinski definition) is 3. The quantitative estimate of drug-likeness (QED) is 0.354. The summed E-state index contributed by atoms with van der Waals surface area (Å²) in [6, 6.07) is 14.0. The Kier molecular flexibility index (Phi) is 6.08. The Hall–Kier alpha value is -3.63. The molecule has 0 unspecified atom stereocenters.